The van der Waals surface area contributed by atoms with Crippen LogP contribution in [0, 0.1) is 5.92 Å². The van der Waals surface area contributed by atoms with Crippen LogP contribution in [0.15, 0.2) is 0 Å². The number of aliphatic hydroxyl groups is 1. The van der Waals surface area contributed by atoms with Gasteiger partial charge in [-0.3, -0.25) is 4.90 Å². The smallest absolute Gasteiger partial charge is 0.0923 e. The number of nitrogens with zero attached hydrogens (tertiary/aromatic N) is 2. The summed E-state index contributed by atoms with van der Waals surface area (Å²) >= 11 is 0. The van der Waals surface area contributed by atoms with E-state index in [0.717, 1.165) is 45.6 Å². The fraction of sp³-hybridized carbons (Fsp3) is 1.00. The van der Waals surface area contributed by atoms with Gasteiger partial charge in [0.05, 0.1) is 5.60 Å². The van der Waals surface area contributed by atoms with Gasteiger partial charge in [0, 0.05) is 39.3 Å². The van der Waals surface area contributed by atoms with Crippen LogP contribution in [0.2, 0.25) is 0 Å². The lowest BCUT2D eigenvalue weighted by atomic mass is 9.97. The van der Waals surface area contributed by atoms with Crippen molar-refractivity contribution in [1.82, 2.24) is 9.80 Å². The molecule has 1 aliphatic heterocycles. The van der Waals surface area contributed by atoms with Crippen molar-refractivity contribution in [2.24, 2.45) is 11.7 Å². The third kappa shape index (κ3) is 2.69. The van der Waals surface area contributed by atoms with Crippen LogP contribution in [-0.2, 0) is 0 Å². The maximum atomic E-state index is 10.4. The minimum Gasteiger partial charge on any atom is -0.387 e. The number of hydrogen-bond acceptors (Lipinski definition) is 4. The molecule has 4 heteroatoms. The molecule has 1 saturated carbocycles. The Bertz CT molecular complexity index is 212. The number of β-amino-alcohol motifs (C(OH)–C–C–N with tert-alkyl or cyclic N) is 1. The van der Waals surface area contributed by atoms with Crippen molar-refractivity contribution in [1.29, 1.82) is 0 Å². The minimum atomic E-state index is -0.615. The number of rotatable bonds is 4. The van der Waals surface area contributed by atoms with Crippen molar-refractivity contribution in [3.8, 4) is 0 Å². The van der Waals surface area contributed by atoms with E-state index in [4.69, 9.17) is 5.73 Å². The molecule has 0 spiro atoms. The summed E-state index contributed by atoms with van der Waals surface area (Å²) in [6, 6.07) is 0. The van der Waals surface area contributed by atoms with Crippen molar-refractivity contribution < 1.29 is 5.11 Å². The lowest BCUT2D eigenvalue weighted by Gasteiger charge is -2.38. The second-order valence-corrected chi connectivity index (χ2v) is 5.16. The van der Waals surface area contributed by atoms with Crippen LogP contribution in [-0.4, -0.2) is 66.8 Å². The van der Waals surface area contributed by atoms with Crippen molar-refractivity contribution in [3.05, 3.63) is 0 Å². The molecule has 2 fully saturated rings. The van der Waals surface area contributed by atoms with Gasteiger partial charge in [0.25, 0.3) is 0 Å². The van der Waals surface area contributed by atoms with E-state index in [9.17, 15) is 5.11 Å². The fourth-order valence-corrected chi connectivity index (χ4v) is 2.37. The van der Waals surface area contributed by atoms with Gasteiger partial charge in [0.1, 0.15) is 0 Å². The number of hydrogen-bond donors (Lipinski definition) is 2. The lowest BCUT2D eigenvalue weighted by molar-refractivity contribution is -0.0179. The zero-order valence-corrected chi connectivity index (χ0v) is 9.65. The molecule has 0 aromatic rings. The van der Waals surface area contributed by atoms with Gasteiger partial charge in [-0.15, -0.1) is 0 Å². The highest BCUT2D eigenvalue weighted by Gasteiger charge is 2.43. The molecular formula is C11H23N3O. The second-order valence-electron chi connectivity index (χ2n) is 5.16. The van der Waals surface area contributed by atoms with E-state index in [1.54, 1.807) is 0 Å². The second kappa shape index (κ2) is 4.37. The fourth-order valence-electron chi connectivity index (χ4n) is 2.37. The first-order chi connectivity index (χ1) is 7.14. The first-order valence-corrected chi connectivity index (χ1v) is 5.97. The first kappa shape index (κ1) is 11.3. The van der Waals surface area contributed by atoms with E-state index in [-0.39, 0.29) is 0 Å². The average Bonchev–Trinajstić information content (AvgIpc) is 3.05. The third-order valence-electron chi connectivity index (χ3n) is 3.78. The standard InChI is InChI=1S/C11H23N3O/c1-13-4-6-14(7-5-13)9-11(15,8-12)10-2-3-10/h10,15H,2-9,12H2,1H3. The molecule has 0 amide bonds. The molecule has 88 valence electrons. The van der Waals surface area contributed by atoms with Gasteiger partial charge >= 0.3 is 0 Å². The van der Waals surface area contributed by atoms with Gasteiger partial charge in [-0.2, -0.15) is 0 Å². The SMILES string of the molecule is CN1CCN(CC(O)(CN)C2CC2)CC1. The molecule has 1 unspecified atom stereocenters. The maximum Gasteiger partial charge on any atom is 0.0923 e. The van der Waals surface area contributed by atoms with Crippen LogP contribution in [0.1, 0.15) is 12.8 Å². The zero-order chi connectivity index (χ0) is 10.9. The summed E-state index contributed by atoms with van der Waals surface area (Å²) in [5.41, 5.74) is 5.09. The molecule has 3 N–H and O–H groups in total. The Labute approximate surface area is 92.0 Å². The Hall–Kier alpha value is -0.160. The number of nitrogens with two attached hydrogens (primary N) is 1. The normalized spacial score (nSPS) is 29.0. The van der Waals surface area contributed by atoms with Crippen molar-refractivity contribution in [2.45, 2.75) is 18.4 Å². The van der Waals surface area contributed by atoms with Gasteiger partial charge in [-0.25, -0.2) is 0 Å². The van der Waals surface area contributed by atoms with E-state index in [0.29, 0.717) is 12.5 Å². The molecule has 2 rings (SSSR count). The Balaban J connectivity index is 1.84. The summed E-state index contributed by atoms with van der Waals surface area (Å²) in [7, 11) is 2.15. The van der Waals surface area contributed by atoms with E-state index < -0.39 is 5.60 Å². The van der Waals surface area contributed by atoms with E-state index in [2.05, 4.69) is 16.8 Å². The molecule has 0 aromatic heterocycles. The van der Waals surface area contributed by atoms with E-state index in [1.165, 1.54) is 0 Å². The average molecular weight is 213 g/mol. The summed E-state index contributed by atoms with van der Waals surface area (Å²) in [5, 5.41) is 10.4. The Kier molecular flexibility index (Phi) is 3.30. The highest BCUT2D eigenvalue weighted by molar-refractivity contribution is 4.97. The van der Waals surface area contributed by atoms with E-state index >= 15 is 0 Å². The van der Waals surface area contributed by atoms with Gasteiger partial charge in [-0.05, 0) is 25.8 Å². The van der Waals surface area contributed by atoms with Crippen molar-refractivity contribution in [2.75, 3.05) is 46.3 Å². The Morgan fingerprint density at radius 1 is 1.27 bits per heavy atom. The molecule has 2 aliphatic rings. The molecule has 1 aliphatic carbocycles. The zero-order valence-electron chi connectivity index (χ0n) is 9.65. The number of piperazine rings is 1. The van der Waals surface area contributed by atoms with E-state index in [1.807, 2.05) is 0 Å². The van der Waals surface area contributed by atoms with Crippen molar-refractivity contribution >= 4 is 0 Å². The molecule has 4 nitrogen and oxygen atoms in total. The maximum absolute atomic E-state index is 10.4. The quantitative estimate of drug-likeness (QED) is 0.650. The number of likely N-dealkylation sites (N-methyl/N-ethyl adjacent to an activating group) is 1. The highest BCUT2D eigenvalue weighted by Crippen LogP contribution is 2.39. The predicted molar refractivity (Wildman–Crippen MR) is 60.7 cm³/mol. The largest absolute Gasteiger partial charge is 0.387 e. The van der Waals surface area contributed by atoms with Crippen LogP contribution >= 0.6 is 0 Å². The van der Waals surface area contributed by atoms with Crippen LogP contribution in [0.3, 0.4) is 0 Å². The first-order valence-electron chi connectivity index (χ1n) is 5.97. The van der Waals surface area contributed by atoms with Crippen LogP contribution in [0.5, 0.6) is 0 Å². The minimum absolute atomic E-state index is 0.407. The summed E-state index contributed by atoms with van der Waals surface area (Å²) in [6.07, 6.45) is 2.31. The van der Waals surface area contributed by atoms with Crippen LogP contribution < -0.4 is 5.73 Å². The Morgan fingerprint density at radius 3 is 2.33 bits per heavy atom. The molecule has 1 heterocycles. The van der Waals surface area contributed by atoms with Gasteiger partial charge in [0.2, 0.25) is 0 Å². The third-order valence-corrected chi connectivity index (χ3v) is 3.78. The molecule has 1 saturated heterocycles. The van der Waals surface area contributed by atoms with Gasteiger partial charge in [0.15, 0.2) is 0 Å². The summed E-state index contributed by atoms with van der Waals surface area (Å²) < 4.78 is 0. The van der Waals surface area contributed by atoms with Crippen LogP contribution in [0.4, 0.5) is 0 Å². The summed E-state index contributed by atoms with van der Waals surface area (Å²) in [5.74, 6) is 0.460. The monoisotopic (exact) mass is 213 g/mol. The summed E-state index contributed by atoms with van der Waals surface area (Å²) in [6.45, 7) is 5.50. The molecule has 1 atom stereocenters. The molecule has 0 aromatic carbocycles. The van der Waals surface area contributed by atoms with Crippen LogP contribution in [0.25, 0.3) is 0 Å². The topological polar surface area (TPSA) is 52.7 Å². The summed E-state index contributed by atoms with van der Waals surface area (Å²) in [4.78, 5) is 4.68. The lowest BCUT2D eigenvalue weighted by Crippen LogP contribution is -2.54. The molecule has 0 radical (unpaired) electrons. The van der Waals surface area contributed by atoms with Crippen molar-refractivity contribution in [3.63, 3.8) is 0 Å². The highest BCUT2D eigenvalue weighted by atomic mass is 16.3. The predicted octanol–water partition coefficient (Wildman–Crippen LogP) is -0.666. The Morgan fingerprint density at radius 2 is 1.87 bits per heavy atom. The molecule has 15 heavy (non-hydrogen) atoms. The molecular weight excluding hydrogens is 190 g/mol. The van der Waals surface area contributed by atoms with Gasteiger partial charge in [-0.1, -0.05) is 0 Å². The molecule has 0 bridgehead atoms. The van der Waals surface area contributed by atoms with Gasteiger partial charge < -0.3 is 15.7 Å².